The summed E-state index contributed by atoms with van der Waals surface area (Å²) in [6.07, 6.45) is -19.4. The molecule has 5 aliphatic heterocycles. The third-order valence-corrected chi connectivity index (χ3v) is 16.3. The minimum absolute atomic E-state index is 0.00425. The molecule has 5 heterocycles. The molecule has 3 fully saturated rings. The maximum Gasteiger partial charge on any atom is 0.303 e. The Morgan fingerprint density at radius 3 is 1.45 bits per heavy atom. The summed E-state index contributed by atoms with van der Waals surface area (Å²) < 4.78 is 83.8. The van der Waals surface area contributed by atoms with Crippen molar-refractivity contribution < 1.29 is 100.0 Å². The van der Waals surface area contributed by atoms with Gasteiger partial charge in [-0.1, -0.05) is 102 Å². The number of imide groups is 2. The van der Waals surface area contributed by atoms with Crippen LogP contribution >= 0.6 is 11.8 Å². The van der Waals surface area contributed by atoms with Gasteiger partial charge in [0.15, 0.2) is 30.9 Å². The number of ether oxygens (including phenoxy) is 11. The third-order valence-electron chi connectivity index (χ3n) is 15.1. The lowest BCUT2D eigenvalue weighted by atomic mass is 9.93. The molecule has 5 aromatic rings. The third kappa shape index (κ3) is 14.2. The lowest BCUT2D eigenvalue weighted by Crippen LogP contribution is -2.70. The Morgan fingerprint density at radius 2 is 0.966 bits per heavy atom. The molecule has 466 valence electrons. The first-order valence-corrected chi connectivity index (χ1v) is 29.0. The summed E-state index contributed by atoms with van der Waals surface area (Å²) >= 11 is 0.971. The molecule has 1 unspecified atom stereocenters. The van der Waals surface area contributed by atoms with Crippen molar-refractivity contribution in [2.24, 2.45) is 5.11 Å². The zero-order valence-corrected chi connectivity index (χ0v) is 48.9. The van der Waals surface area contributed by atoms with Gasteiger partial charge in [0.1, 0.15) is 66.5 Å². The van der Waals surface area contributed by atoms with Gasteiger partial charge >= 0.3 is 23.9 Å². The van der Waals surface area contributed by atoms with E-state index in [0.717, 1.165) is 49.9 Å². The molecule has 0 saturated carbocycles. The summed E-state index contributed by atoms with van der Waals surface area (Å²) in [7, 11) is 0. The molecular formula is C62H60FN5O20S. The number of fused-ring (bicyclic) bond motifs is 2. The van der Waals surface area contributed by atoms with E-state index in [0.29, 0.717) is 15.4 Å². The van der Waals surface area contributed by atoms with Gasteiger partial charge in [0.2, 0.25) is 0 Å². The largest absolute Gasteiger partial charge is 0.463 e. The number of aliphatic hydroxyl groups is 1. The van der Waals surface area contributed by atoms with Crippen molar-refractivity contribution in [2.45, 2.75) is 137 Å². The molecule has 3 saturated heterocycles. The van der Waals surface area contributed by atoms with Crippen LogP contribution in [-0.4, -0.2) is 173 Å². The van der Waals surface area contributed by atoms with E-state index in [1.54, 1.807) is 66.7 Å². The summed E-state index contributed by atoms with van der Waals surface area (Å²) in [5.41, 5.74) is 10.3. The number of hydrogen-bond acceptors (Lipinski definition) is 22. The van der Waals surface area contributed by atoms with E-state index < -0.39 is 158 Å². The molecule has 89 heavy (non-hydrogen) atoms. The smallest absolute Gasteiger partial charge is 0.303 e. The van der Waals surface area contributed by atoms with Crippen molar-refractivity contribution in [3.63, 3.8) is 0 Å². The Balaban J connectivity index is 1.07. The molecule has 0 radical (unpaired) electrons. The number of esters is 4. The maximum atomic E-state index is 14.7. The van der Waals surface area contributed by atoms with Crippen LogP contribution in [0.15, 0.2) is 143 Å². The number of hydrogen-bond donors (Lipinski definition) is 1. The molecular weight excluding hydrogens is 1190 g/mol. The number of amides is 4. The second-order valence-electron chi connectivity index (χ2n) is 21.1. The van der Waals surface area contributed by atoms with Crippen LogP contribution in [0, 0.1) is 5.82 Å². The van der Waals surface area contributed by atoms with Crippen LogP contribution in [0.2, 0.25) is 0 Å². The van der Waals surface area contributed by atoms with E-state index in [2.05, 4.69) is 10.0 Å². The first-order valence-electron chi connectivity index (χ1n) is 28.1. The van der Waals surface area contributed by atoms with Gasteiger partial charge in [0.05, 0.1) is 54.8 Å². The highest BCUT2D eigenvalue weighted by Gasteiger charge is 2.61. The molecule has 25 nitrogen and oxygen atoms in total. The fourth-order valence-corrected chi connectivity index (χ4v) is 12.5. The van der Waals surface area contributed by atoms with Gasteiger partial charge in [-0.2, -0.15) is 0 Å². The van der Waals surface area contributed by atoms with Crippen molar-refractivity contribution >= 4 is 59.3 Å². The Hall–Kier alpha value is -8.47. The number of nitrogens with zero attached hydrogens (tertiary/aromatic N) is 5. The molecule has 10 rings (SSSR count). The Bertz CT molecular complexity index is 3420. The second kappa shape index (κ2) is 28.3. The summed E-state index contributed by atoms with van der Waals surface area (Å²) in [4.78, 5) is 116. The fraction of sp³-hybridized carbons (Fsp3) is 0.387. The minimum atomic E-state index is -2.11. The van der Waals surface area contributed by atoms with Crippen LogP contribution < -0.4 is 0 Å². The zero-order chi connectivity index (χ0) is 63.0. The van der Waals surface area contributed by atoms with Gasteiger partial charge in [0, 0.05) is 37.5 Å². The van der Waals surface area contributed by atoms with Crippen LogP contribution in [0.3, 0.4) is 0 Å². The number of thioether (sulfide) groups is 1. The van der Waals surface area contributed by atoms with Gasteiger partial charge in [-0.25, -0.2) is 4.39 Å². The lowest BCUT2D eigenvalue weighted by Gasteiger charge is -2.51. The first-order chi connectivity index (χ1) is 42.9. The number of benzene rings is 5. The van der Waals surface area contributed by atoms with Gasteiger partial charge in [-0.05, 0) is 65.2 Å². The predicted molar refractivity (Wildman–Crippen MR) is 304 cm³/mol. The van der Waals surface area contributed by atoms with Crippen LogP contribution in [0.5, 0.6) is 0 Å². The van der Waals surface area contributed by atoms with Crippen molar-refractivity contribution in [1.82, 2.24) is 9.80 Å². The van der Waals surface area contributed by atoms with Crippen molar-refractivity contribution in [3.05, 3.63) is 183 Å². The maximum absolute atomic E-state index is 14.7. The molecule has 5 aromatic carbocycles. The van der Waals surface area contributed by atoms with E-state index in [9.17, 15) is 53.4 Å². The highest BCUT2D eigenvalue weighted by molar-refractivity contribution is 7.99. The van der Waals surface area contributed by atoms with Gasteiger partial charge in [-0.3, -0.25) is 48.2 Å². The fourth-order valence-electron chi connectivity index (χ4n) is 11.3. The van der Waals surface area contributed by atoms with Gasteiger partial charge in [-0.15, -0.1) is 0 Å². The number of carbonyl (C=O) groups is 8. The van der Waals surface area contributed by atoms with Crippen LogP contribution in [0.1, 0.15) is 80.3 Å². The molecule has 0 spiro atoms. The van der Waals surface area contributed by atoms with Crippen molar-refractivity contribution in [3.8, 4) is 0 Å². The number of aliphatic hydroxyl groups excluding tert-OH is 1. The number of halogens is 1. The summed E-state index contributed by atoms with van der Waals surface area (Å²) in [6.45, 7) is 2.53. The molecule has 15 atom stereocenters. The number of carbonyl (C=O) groups excluding carboxylic acids is 8. The zero-order valence-electron chi connectivity index (χ0n) is 48.1. The Labute approximate surface area is 512 Å². The standard InChI is InChI=1S/C62H60FN5O20S/c1-32(69)80-31-46-52(81-33(2)70)54(82-34(3)71)48(67-56(74)40-19-11-12-20-41(40)57(67)75)61(85-46)87-51-44(29-78-27-36-15-7-5-8-16-36)84-60(47(50(51)73)65-66-64)88-53-45(30-79-28-37-17-9-6-10-18-37)86-62(89-39-25-23-38(63)24-26-39)49(55(53)83-35(4)72)68-58(76)42-21-13-14-22-43(42)59(68)77/h5-26,44-55,60-62,73H,27-31H2,1-4H3/t44-,45-,46-,47-,48-,49-,50-,51-,52-,53-,54-,55-,60?,61+,62+/m1/s1. The Morgan fingerprint density at radius 1 is 0.539 bits per heavy atom. The topological polar surface area (TPSA) is 314 Å². The minimum Gasteiger partial charge on any atom is -0.463 e. The monoisotopic (exact) mass is 1250 g/mol. The quantitative estimate of drug-likeness (QED) is 0.0207. The highest BCUT2D eigenvalue weighted by atomic mass is 32.2. The van der Waals surface area contributed by atoms with E-state index in [-0.39, 0.29) is 42.1 Å². The van der Waals surface area contributed by atoms with E-state index >= 15 is 0 Å². The normalized spacial score (nSPS) is 28.1. The molecule has 0 aliphatic carbocycles. The highest BCUT2D eigenvalue weighted by Crippen LogP contribution is 2.44. The van der Waals surface area contributed by atoms with Crippen LogP contribution in [0.25, 0.3) is 10.4 Å². The van der Waals surface area contributed by atoms with Crippen molar-refractivity contribution in [1.29, 1.82) is 0 Å². The summed E-state index contributed by atoms with van der Waals surface area (Å²) in [5.74, 6) is -7.68. The average Bonchev–Trinajstić information content (AvgIpc) is 1.79. The average molecular weight is 1250 g/mol. The molecule has 4 amide bonds. The number of azide groups is 1. The SMILES string of the molecule is CC(=O)OC[C@H]1O[C@@H](O[C@H]2[C@H](O)[C@@H](N=[N+]=[N-])C(O[C@H]3[C@H](OC(C)=O)[C@@H](N4C(=O)c5ccccc5C4=O)[C@H](Sc4ccc(F)cc4)O[C@@H]3COCc3ccccc3)O[C@@H]2COCc2ccccc2)[C@H](N2C(=O)c3ccccc3C2=O)[C@@H](OC(C)=O)[C@@H]1OC(C)=O. The van der Waals surface area contributed by atoms with Gasteiger partial charge < -0.3 is 57.2 Å². The van der Waals surface area contributed by atoms with Gasteiger partial charge in [0.25, 0.3) is 23.6 Å². The molecule has 5 aliphatic rings. The molecule has 27 heteroatoms. The van der Waals surface area contributed by atoms with Crippen molar-refractivity contribution in [2.75, 3.05) is 19.8 Å². The predicted octanol–water partition coefficient (Wildman–Crippen LogP) is 6.02. The van der Waals surface area contributed by atoms with Crippen LogP contribution in [0.4, 0.5) is 4.39 Å². The first kappa shape index (κ1) is 63.5. The second-order valence-corrected chi connectivity index (χ2v) is 22.3. The lowest BCUT2D eigenvalue weighted by molar-refractivity contribution is -0.349. The molecule has 0 bridgehead atoms. The summed E-state index contributed by atoms with van der Waals surface area (Å²) in [5, 5.41) is 16.9. The van der Waals surface area contributed by atoms with E-state index in [1.807, 2.05) is 6.07 Å². The Kier molecular flexibility index (Phi) is 20.2. The molecule has 0 aromatic heterocycles. The molecule has 1 N–H and O–H groups in total. The number of rotatable bonds is 22. The van der Waals surface area contributed by atoms with E-state index in [4.69, 9.17) is 52.1 Å². The van der Waals surface area contributed by atoms with Crippen LogP contribution in [-0.2, 0) is 84.5 Å². The van der Waals surface area contributed by atoms with E-state index in [1.165, 1.54) is 60.7 Å². The summed E-state index contributed by atoms with van der Waals surface area (Å²) in [6, 6.07) is 29.5.